The predicted molar refractivity (Wildman–Crippen MR) is 80.8 cm³/mol. The van der Waals surface area contributed by atoms with E-state index in [-0.39, 0.29) is 12.5 Å². The van der Waals surface area contributed by atoms with Crippen LogP contribution in [0, 0.1) is 6.92 Å². The van der Waals surface area contributed by atoms with Gasteiger partial charge < -0.3 is 14.8 Å². The van der Waals surface area contributed by atoms with E-state index >= 15 is 0 Å². The normalized spacial score (nSPS) is 12.1. The van der Waals surface area contributed by atoms with Crippen LogP contribution in [0.4, 0.5) is 0 Å². The van der Waals surface area contributed by atoms with E-state index in [2.05, 4.69) is 36.5 Å². The van der Waals surface area contributed by atoms with E-state index in [0.29, 0.717) is 12.2 Å². The molecule has 1 amide bonds. The van der Waals surface area contributed by atoms with Crippen LogP contribution in [-0.2, 0) is 11.2 Å². The Morgan fingerprint density at radius 1 is 1.29 bits per heavy atom. The van der Waals surface area contributed by atoms with Gasteiger partial charge in [0.05, 0.1) is 12.9 Å². The Kier molecular flexibility index (Phi) is 5.58. The fourth-order valence-corrected chi connectivity index (χ4v) is 2.17. The molecule has 1 aromatic carbocycles. The highest BCUT2D eigenvalue weighted by Gasteiger charge is 2.15. The Hall–Kier alpha value is -2.07. The molecule has 4 nitrogen and oxygen atoms in total. The average molecular weight is 287 g/mol. The van der Waals surface area contributed by atoms with E-state index in [1.54, 1.807) is 12.1 Å². The van der Waals surface area contributed by atoms with Crippen molar-refractivity contribution in [3.8, 4) is 0 Å². The summed E-state index contributed by atoms with van der Waals surface area (Å²) in [5.74, 6) is 0.502. The Morgan fingerprint density at radius 2 is 2.05 bits per heavy atom. The zero-order valence-corrected chi connectivity index (χ0v) is 12.2. The highest BCUT2D eigenvalue weighted by Crippen LogP contribution is 2.13. The molecule has 1 heterocycles. The Labute approximate surface area is 124 Å². The third-order valence-electron chi connectivity index (χ3n) is 3.39. The number of hydrogen-bond acceptors (Lipinski definition) is 3. The highest BCUT2D eigenvalue weighted by molar-refractivity contribution is 5.76. The van der Waals surface area contributed by atoms with Crippen molar-refractivity contribution < 1.29 is 14.3 Å². The van der Waals surface area contributed by atoms with E-state index in [1.165, 1.54) is 17.4 Å². The Bertz CT molecular complexity index is 546. The number of carbonyl (C=O) groups is 1. The van der Waals surface area contributed by atoms with Crippen LogP contribution in [0.2, 0.25) is 0 Å². The summed E-state index contributed by atoms with van der Waals surface area (Å²) in [5.41, 5.74) is 2.47. The van der Waals surface area contributed by atoms with Gasteiger partial charge in [0, 0.05) is 6.42 Å². The first-order chi connectivity index (χ1) is 10.2. The van der Waals surface area contributed by atoms with Gasteiger partial charge in [-0.05, 0) is 37.5 Å². The fraction of sp³-hybridized carbons (Fsp3) is 0.353. The van der Waals surface area contributed by atoms with Gasteiger partial charge in [0.2, 0.25) is 5.91 Å². The molecule has 0 fully saturated rings. The molecule has 1 aromatic heterocycles. The minimum absolute atomic E-state index is 0.0717. The van der Waals surface area contributed by atoms with Crippen molar-refractivity contribution in [2.24, 2.45) is 0 Å². The topological polar surface area (TPSA) is 62.5 Å². The molecule has 2 aromatic rings. The summed E-state index contributed by atoms with van der Waals surface area (Å²) < 4.78 is 5.20. The first-order valence-electron chi connectivity index (χ1n) is 7.18. The molecule has 0 bridgehead atoms. The third kappa shape index (κ3) is 4.76. The zero-order valence-electron chi connectivity index (χ0n) is 12.2. The Balaban J connectivity index is 1.75. The number of furan rings is 1. The summed E-state index contributed by atoms with van der Waals surface area (Å²) in [6.45, 7) is 1.89. The third-order valence-corrected chi connectivity index (χ3v) is 3.39. The summed E-state index contributed by atoms with van der Waals surface area (Å²) >= 11 is 0. The van der Waals surface area contributed by atoms with Crippen LogP contribution in [0.3, 0.4) is 0 Å². The second kappa shape index (κ2) is 7.64. The highest BCUT2D eigenvalue weighted by atomic mass is 16.3. The van der Waals surface area contributed by atoms with Gasteiger partial charge in [0.15, 0.2) is 0 Å². The minimum atomic E-state index is -0.466. The molecule has 0 saturated carbocycles. The molecule has 0 spiro atoms. The lowest BCUT2D eigenvalue weighted by Gasteiger charge is -2.13. The van der Waals surface area contributed by atoms with E-state index in [1.807, 2.05) is 0 Å². The van der Waals surface area contributed by atoms with E-state index in [4.69, 9.17) is 4.42 Å². The van der Waals surface area contributed by atoms with Crippen LogP contribution in [0.5, 0.6) is 0 Å². The van der Waals surface area contributed by atoms with Crippen molar-refractivity contribution in [2.75, 3.05) is 6.61 Å². The first-order valence-corrected chi connectivity index (χ1v) is 7.18. The molecule has 0 saturated heterocycles. The largest absolute Gasteiger partial charge is 0.467 e. The molecule has 2 rings (SSSR count). The number of aryl methyl sites for hydroxylation is 2. The molecule has 0 aliphatic carbocycles. The summed E-state index contributed by atoms with van der Waals surface area (Å²) in [6, 6.07) is 11.4. The number of aliphatic hydroxyl groups excluding tert-OH is 1. The predicted octanol–water partition coefficient (Wildman–Crippen LogP) is 2.76. The van der Waals surface area contributed by atoms with Crippen molar-refractivity contribution in [1.29, 1.82) is 0 Å². The molecule has 2 N–H and O–H groups in total. The van der Waals surface area contributed by atoms with Gasteiger partial charge in [0.25, 0.3) is 0 Å². The van der Waals surface area contributed by atoms with E-state index in [9.17, 15) is 9.90 Å². The summed E-state index contributed by atoms with van der Waals surface area (Å²) in [5, 5.41) is 12.1. The first kappa shape index (κ1) is 15.3. The molecular weight excluding hydrogens is 266 g/mol. The lowest BCUT2D eigenvalue weighted by molar-refractivity contribution is -0.122. The van der Waals surface area contributed by atoms with Crippen molar-refractivity contribution in [3.05, 3.63) is 59.5 Å². The van der Waals surface area contributed by atoms with Crippen LogP contribution in [0.1, 0.15) is 35.8 Å². The van der Waals surface area contributed by atoms with Crippen molar-refractivity contribution >= 4 is 5.91 Å². The molecule has 1 unspecified atom stereocenters. The van der Waals surface area contributed by atoms with Gasteiger partial charge in [-0.15, -0.1) is 0 Å². The van der Waals surface area contributed by atoms with Crippen LogP contribution >= 0.6 is 0 Å². The molecule has 0 aliphatic rings. The number of hydrogen-bond donors (Lipinski definition) is 2. The minimum Gasteiger partial charge on any atom is -0.467 e. The van der Waals surface area contributed by atoms with Gasteiger partial charge in [-0.1, -0.05) is 29.8 Å². The molecule has 21 heavy (non-hydrogen) atoms. The van der Waals surface area contributed by atoms with Crippen molar-refractivity contribution in [3.63, 3.8) is 0 Å². The molecular formula is C17H21NO3. The Morgan fingerprint density at radius 3 is 2.67 bits per heavy atom. The quantitative estimate of drug-likeness (QED) is 0.823. The lowest BCUT2D eigenvalue weighted by Crippen LogP contribution is -2.30. The summed E-state index contributed by atoms with van der Waals surface area (Å²) in [4.78, 5) is 11.9. The maximum atomic E-state index is 11.9. The number of amides is 1. The molecule has 0 radical (unpaired) electrons. The number of rotatable bonds is 7. The summed E-state index contributed by atoms with van der Waals surface area (Å²) in [6.07, 6.45) is 3.62. The molecule has 112 valence electrons. The maximum Gasteiger partial charge on any atom is 0.220 e. The zero-order chi connectivity index (χ0) is 15.1. The van der Waals surface area contributed by atoms with Crippen LogP contribution < -0.4 is 5.32 Å². The second-order valence-electron chi connectivity index (χ2n) is 5.16. The fourth-order valence-electron chi connectivity index (χ4n) is 2.17. The lowest BCUT2D eigenvalue weighted by atomic mass is 10.1. The van der Waals surface area contributed by atoms with Gasteiger partial charge in [-0.3, -0.25) is 4.79 Å². The number of aliphatic hydroxyl groups is 1. The van der Waals surface area contributed by atoms with Gasteiger partial charge in [0.1, 0.15) is 11.8 Å². The number of carbonyl (C=O) groups excluding carboxylic acids is 1. The van der Waals surface area contributed by atoms with Crippen LogP contribution in [0.15, 0.2) is 47.1 Å². The number of nitrogens with one attached hydrogen (secondary N) is 1. The van der Waals surface area contributed by atoms with Crippen molar-refractivity contribution in [2.45, 2.75) is 32.2 Å². The molecule has 1 atom stereocenters. The van der Waals surface area contributed by atoms with Crippen LogP contribution in [0.25, 0.3) is 0 Å². The molecule has 4 heteroatoms. The maximum absolute atomic E-state index is 11.9. The van der Waals surface area contributed by atoms with Gasteiger partial charge in [-0.25, -0.2) is 0 Å². The van der Waals surface area contributed by atoms with E-state index in [0.717, 1.165) is 12.8 Å². The molecule has 0 aliphatic heterocycles. The monoisotopic (exact) mass is 287 g/mol. The second-order valence-corrected chi connectivity index (χ2v) is 5.16. The SMILES string of the molecule is Cc1ccc(CCCC(=O)NC(CO)c2ccco2)cc1. The van der Waals surface area contributed by atoms with Gasteiger partial charge in [-0.2, -0.15) is 0 Å². The van der Waals surface area contributed by atoms with Crippen LogP contribution in [-0.4, -0.2) is 17.6 Å². The van der Waals surface area contributed by atoms with E-state index < -0.39 is 6.04 Å². The smallest absolute Gasteiger partial charge is 0.220 e. The van der Waals surface area contributed by atoms with Gasteiger partial charge >= 0.3 is 0 Å². The summed E-state index contributed by atoms with van der Waals surface area (Å²) in [7, 11) is 0. The standard InChI is InChI=1S/C17H21NO3/c1-13-7-9-14(10-8-13)4-2-6-17(20)18-15(12-19)16-5-3-11-21-16/h3,5,7-11,15,19H,2,4,6,12H2,1H3,(H,18,20). The average Bonchev–Trinajstić information content (AvgIpc) is 3.01. The number of benzene rings is 1. The van der Waals surface area contributed by atoms with Crippen molar-refractivity contribution in [1.82, 2.24) is 5.32 Å².